The van der Waals surface area contributed by atoms with Crippen molar-refractivity contribution in [3.05, 3.63) is 76.9 Å². The number of amides is 1. The van der Waals surface area contributed by atoms with Crippen molar-refractivity contribution in [2.24, 2.45) is 0 Å². The van der Waals surface area contributed by atoms with E-state index in [0.717, 1.165) is 46.6 Å². The van der Waals surface area contributed by atoms with E-state index in [9.17, 15) is 4.79 Å². The average Bonchev–Trinajstić information content (AvgIpc) is 3.02. The Kier molecular flexibility index (Phi) is 8.05. The molecule has 1 amide bonds. The summed E-state index contributed by atoms with van der Waals surface area (Å²) >= 11 is 0. The minimum absolute atomic E-state index is 0.109. The lowest BCUT2D eigenvalue weighted by Crippen LogP contribution is -2.32. The number of carbonyl (C=O) groups excluding carboxylic acids is 1. The molecule has 0 aliphatic carbocycles. The van der Waals surface area contributed by atoms with Crippen molar-refractivity contribution in [1.82, 2.24) is 9.88 Å². The van der Waals surface area contributed by atoms with Crippen molar-refractivity contribution in [3.8, 4) is 28.7 Å². The predicted molar refractivity (Wildman–Crippen MR) is 158 cm³/mol. The molecule has 214 valence electrons. The maximum Gasteiger partial charge on any atom is 0.254 e. The molecule has 4 aromatic rings. The van der Waals surface area contributed by atoms with Gasteiger partial charge in [0.05, 0.1) is 46.6 Å². The quantitative estimate of drug-likeness (QED) is 0.281. The number of benzene rings is 3. The van der Waals surface area contributed by atoms with E-state index < -0.39 is 0 Å². The number of methoxy groups -OCH3 is 5. The molecule has 1 aromatic heterocycles. The number of anilines is 1. The SMILES string of the molecule is COc1cc2c(cc1OC)CN(c1cc(C(=O)N(C)Cc3cc(OC)c(OC)c(OC)c3)c3ccccc3n1)CC2. The fourth-order valence-corrected chi connectivity index (χ4v) is 5.36. The van der Waals surface area contributed by atoms with Crippen molar-refractivity contribution in [3.63, 3.8) is 0 Å². The van der Waals surface area contributed by atoms with Crippen LogP contribution in [0.3, 0.4) is 0 Å². The number of aromatic nitrogens is 1. The summed E-state index contributed by atoms with van der Waals surface area (Å²) in [5.74, 6) is 3.67. The van der Waals surface area contributed by atoms with Crippen LogP contribution in [-0.4, -0.2) is 64.9 Å². The number of hydrogen-bond donors (Lipinski definition) is 0. The molecule has 0 atom stereocenters. The normalized spacial score (nSPS) is 12.5. The second-order valence-corrected chi connectivity index (χ2v) is 9.89. The zero-order valence-electron chi connectivity index (χ0n) is 24.3. The number of hydrogen-bond acceptors (Lipinski definition) is 8. The Labute approximate surface area is 240 Å². The lowest BCUT2D eigenvalue weighted by molar-refractivity contribution is 0.0786. The first-order valence-electron chi connectivity index (χ1n) is 13.3. The number of carbonyl (C=O) groups is 1. The number of pyridine rings is 1. The summed E-state index contributed by atoms with van der Waals surface area (Å²) < 4.78 is 27.5. The zero-order valence-corrected chi connectivity index (χ0v) is 24.3. The number of para-hydroxylation sites is 1. The van der Waals surface area contributed by atoms with Crippen LogP contribution in [0.4, 0.5) is 5.82 Å². The van der Waals surface area contributed by atoms with E-state index in [0.29, 0.717) is 41.7 Å². The van der Waals surface area contributed by atoms with Gasteiger partial charge < -0.3 is 33.5 Å². The van der Waals surface area contributed by atoms with E-state index >= 15 is 0 Å². The highest BCUT2D eigenvalue weighted by atomic mass is 16.5. The number of nitrogens with zero attached hydrogens (tertiary/aromatic N) is 3. The van der Waals surface area contributed by atoms with Crippen LogP contribution in [0, 0.1) is 0 Å². The van der Waals surface area contributed by atoms with Gasteiger partial charge in [-0.2, -0.15) is 0 Å². The van der Waals surface area contributed by atoms with Gasteiger partial charge in [-0.3, -0.25) is 4.79 Å². The van der Waals surface area contributed by atoms with Gasteiger partial charge >= 0.3 is 0 Å². The molecule has 3 aromatic carbocycles. The van der Waals surface area contributed by atoms with Crippen molar-refractivity contribution < 1.29 is 28.5 Å². The predicted octanol–water partition coefficient (Wildman–Crippen LogP) is 5.11. The van der Waals surface area contributed by atoms with Gasteiger partial charge in [0.25, 0.3) is 5.91 Å². The molecule has 1 aliphatic rings. The summed E-state index contributed by atoms with van der Waals surface area (Å²) in [6.45, 7) is 1.76. The van der Waals surface area contributed by atoms with E-state index in [-0.39, 0.29) is 5.91 Å². The Morgan fingerprint density at radius 1 is 0.829 bits per heavy atom. The largest absolute Gasteiger partial charge is 0.493 e. The number of rotatable bonds is 9. The van der Waals surface area contributed by atoms with Crippen LogP contribution in [-0.2, 0) is 19.5 Å². The average molecular weight is 558 g/mol. The van der Waals surface area contributed by atoms with Crippen LogP contribution in [0.25, 0.3) is 10.9 Å². The molecular formula is C32H35N3O6. The Morgan fingerprint density at radius 2 is 1.46 bits per heavy atom. The van der Waals surface area contributed by atoms with Gasteiger partial charge in [0.1, 0.15) is 5.82 Å². The lowest BCUT2D eigenvalue weighted by Gasteiger charge is -2.31. The van der Waals surface area contributed by atoms with Crippen molar-refractivity contribution in [2.45, 2.75) is 19.5 Å². The van der Waals surface area contributed by atoms with Gasteiger partial charge in [0.2, 0.25) is 5.75 Å². The Balaban J connectivity index is 1.47. The van der Waals surface area contributed by atoms with E-state index in [1.807, 2.05) is 54.6 Å². The molecule has 1 aliphatic heterocycles. The molecule has 0 unspecified atom stereocenters. The molecule has 0 N–H and O–H groups in total. The third kappa shape index (κ3) is 5.39. The smallest absolute Gasteiger partial charge is 0.254 e. The minimum atomic E-state index is -0.109. The minimum Gasteiger partial charge on any atom is -0.493 e. The van der Waals surface area contributed by atoms with Gasteiger partial charge in [-0.15, -0.1) is 0 Å². The van der Waals surface area contributed by atoms with Crippen LogP contribution < -0.4 is 28.6 Å². The third-order valence-corrected chi connectivity index (χ3v) is 7.47. The molecule has 2 heterocycles. The van der Waals surface area contributed by atoms with E-state index in [4.69, 9.17) is 28.7 Å². The molecule has 5 rings (SSSR count). The number of fused-ring (bicyclic) bond motifs is 2. The van der Waals surface area contributed by atoms with Crippen molar-refractivity contribution in [1.29, 1.82) is 0 Å². The van der Waals surface area contributed by atoms with Gasteiger partial charge in [-0.1, -0.05) is 18.2 Å². The maximum atomic E-state index is 13.9. The van der Waals surface area contributed by atoms with Crippen LogP contribution in [0.5, 0.6) is 28.7 Å². The first-order chi connectivity index (χ1) is 19.9. The van der Waals surface area contributed by atoms with Crippen LogP contribution in [0.1, 0.15) is 27.0 Å². The van der Waals surface area contributed by atoms with Crippen LogP contribution in [0.15, 0.2) is 54.6 Å². The van der Waals surface area contributed by atoms with Crippen molar-refractivity contribution >= 4 is 22.6 Å². The fourth-order valence-electron chi connectivity index (χ4n) is 5.36. The van der Waals surface area contributed by atoms with Crippen molar-refractivity contribution in [2.75, 3.05) is 54.0 Å². The summed E-state index contributed by atoms with van der Waals surface area (Å²) in [5.41, 5.74) is 4.59. The lowest BCUT2D eigenvalue weighted by atomic mass is 9.98. The number of ether oxygens (including phenoxy) is 5. The molecule has 0 spiro atoms. The molecule has 0 radical (unpaired) electrons. The highest BCUT2D eigenvalue weighted by Gasteiger charge is 2.24. The molecule has 41 heavy (non-hydrogen) atoms. The fraction of sp³-hybridized carbons (Fsp3) is 0.312. The molecule has 9 nitrogen and oxygen atoms in total. The van der Waals surface area contributed by atoms with Gasteiger partial charge in [-0.05, 0) is 59.5 Å². The molecule has 9 heteroatoms. The molecule has 0 bridgehead atoms. The third-order valence-electron chi connectivity index (χ3n) is 7.47. The summed E-state index contributed by atoms with van der Waals surface area (Å²) in [4.78, 5) is 22.8. The van der Waals surface area contributed by atoms with Crippen LogP contribution in [0.2, 0.25) is 0 Å². The topological polar surface area (TPSA) is 82.6 Å². The summed E-state index contributed by atoms with van der Waals surface area (Å²) in [7, 11) is 9.80. The Bertz CT molecular complexity index is 1560. The first-order valence-corrected chi connectivity index (χ1v) is 13.3. The second kappa shape index (κ2) is 11.8. The monoisotopic (exact) mass is 557 g/mol. The van der Waals surface area contributed by atoms with E-state index in [1.54, 1.807) is 47.5 Å². The highest BCUT2D eigenvalue weighted by Crippen LogP contribution is 2.39. The molecule has 0 saturated heterocycles. The molecule has 0 fully saturated rings. The van der Waals surface area contributed by atoms with E-state index in [1.165, 1.54) is 5.56 Å². The first kappa shape index (κ1) is 27.9. The Morgan fingerprint density at radius 3 is 2.10 bits per heavy atom. The molecule has 0 saturated carbocycles. The zero-order chi connectivity index (χ0) is 29.1. The van der Waals surface area contributed by atoms with Gasteiger partial charge in [-0.25, -0.2) is 4.98 Å². The summed E-state index contributed by atoms with van der Waals surface area (Å²) in [5, 5.41) is 0.807. The maximum absolute atomic E-state index is 13.9. The second-order valence-electron chi connectivity index (χ2n) is 9.89. The van der Waals surface area contributed by atoms with Gasteiger partial charge in [0.15, 0.2) is 23.0 Å². The standard InChI is InChI=1S/C32H35N3O6/c1-34(18-20-13-28(39-4)31(41-6)29(14-20)40-5)32(36)24-17-30(33-25-10-8-7-9-23(24)25)35-12-11-21-15-26(37-2)27(38-3)16-22(21)19-35/h7-10,13-17H,11-12,18-19H2,1-6H3. The van der Waals surface area contributed by atoms with E-state index in [2.05, 4.69) is 4.90 Å². The van der Waals surface area contributed by atoms with Crippen LogP contribution >= 0.6 is 0 Å². The summed E-state index contributed by atoms with van der Waals surface area (Å²) in [6.07, 6.45) is 0.828. The molecular weight excluding hydrogens is 522 g/mol. The summed E-state index contributed by atoms with van der Waals surface area (Å²) in [6, 6.07) is 17.4. The highest BCUT2D eigenvalue weighted by molar-refractivity contribution is 6.07. The van der Waals surface area contributed by atoms with Gasteiger partial charge in [0, 0.05) is 32.1 Å². The Hall–Kier alpha value is -4.66.